The second kappa shape index (κ2) is 4.92. The Labute approximate surface area is 114 Å². The van der Waals surface area contributed by atoms with Gasteiger partial charge < -0.3 is 9.47 Å². The summed E-state index contributed by atoms with van der Waals surface area (Å²) in [6.07, 6.45) is 0. The molecule has 2 unspecified atom stereocenters. The van der Waals surface area contributed by atoms with Gasteiger partial charge >= 0.3 is 11.9 Å². The Hall–Kier alpha value is -2.44. The van der Waals surface area contributed by atoms with E-state index in [-0.39, 0.29) is 0 Å². The predicted molar refractivity (Wildman–Crippen MR) is 66.4 cm³/mol. The molecular formula is C13H13NO6. The van der Waals surface area contributed by atoms with Gasteiger partial charge in [-0.15, -0.1) is 0 Å². The number of esters is 2. The summed E-state index contributed by atoms with van der Waals surface area (Å²) < 4.78 is 9.18. The van der Waals surface area contributed by atoms with Crippen LogP contribution < -0.4 is 0 Å². The average Bonchev–Trinajstić information content (AvgIpc) is 3.18. The van der Waals surface area contributed by atoms with Crippen LogP contribution in [-0.4, -0.2) is 37.1 Å². The highest BCUT2D eigenvalue weighted by molar-refractivity contribution is 6.06. The SMILES string of the molecule is COC(=O)C1(C(=O)OC)C(c2ccccc2)C1[N+](=O)[O-]. The Bertz CT molecular complexity index is 539. The first-order chi connectivity index (χ1) is 9.51. The van der Waals surface area contributed by atoms with Gasteiger partial charge in [-0.2, -0.15) is 0 Å². The summed E-state index contributed by atoms with van der Waals surface area (Å²) in [4.78, 5) is 34.5. The van der Waals surface area contributed by atoms with E-state index in [4.69, 9.17) is 0 Å². The Morgan fingerprint density at radius 3 is 2.05 bits per heavy atom. The van der Waals surface area contributed by atoms with Crippen LogP contribution in [0.5, 0.6) is 0 Å². The Kier molecular flexibility index (Phi) is 3.44. The van der Waals surface area contributed by atoms with E-state index in [1.54, 1.807) is 30.3 Å². The molecule has 0 heterocycles. The molecule has 0 N–H and O–H groups in total. The molecule has 0 spiro atoms. The number of methoxy groups -OCH3 is 2. The van der Waals surface area contributed by atoms with Crippen molar-refractivity contribution < 1.29 is 24.0 Å². The molecule has 0 aliphatic heterocycles. The molecule has 7 nitrogen and oxygen atoms in total. The summed E-state index contributed by atoms with van der Waals surface area (Å²) in [5, 5.41) is 11.2. The van der Waals surface area contributed by atoms with Crippen LogP contribution in [0.25, 0.3) is 0 Å². The lowest BCUT2D eigenvalue weighted by atomic mass is 9.99. The number of ether oxygens (including phenoxy) is 2. The molecule has 1 fully saturated rings. The van der Waals surface area contributed by atoms with E-state index in [9.17, 15) is 19.7 Å². The van der Waals surface area contributed by atoms with Gasteiger partial charge in [0.25, 0.3) is 0 Å². The van der Waals surface area contributed by atoms with Gasteiger partial charge in [0.05, 0.1) is 20.1 Å². The summed E-state index contributed by atoms with van der Waals surface area (Å²) in [7, 11) is 2.18. The van der Waals surface area contributed by atoms with Crippen LogP contribution in [0.15, 0.2) is 30.3 Å². The number of hydrogen-bond acceptors (Lipinski definition) is 6. The molecule has 0 aromatic heterocycles. The molecule has 1 aromatic rings. The van der Waals surface area contributed by atoms with Crippen molar-refractivity contribution in [2.45, 2.75) is 12.0 Å². The van der Waals surface area contributed by atoms with Gasteiger partial charge in [0.1, 0.15) is 0 Å². The van der Waals surface area contributed by atoms with Crippen molar-refractivity contribution >= 4 is 11.9 Å². The minimum Gasteiger partial charge on any atom is -0.468 e. The van der Waals surface area contributed by atoms with Crippen LogP contribution in [0.4, 0.5) is 0 Å². The first-order valence-electron chi connectivity index (χ1n) is 5.87. The summed E-state index contributed by atoms with van der Waals surface area (Å²) in [5.41, 5.74) is -1.36. The average molecular weight is 279 g/mol. The molecule has 0 radical (unpaired) electrons. The van der Waals surface area contributed by atoms with Crippen LogP contribution in [-0.2, 0) is 19.1 Å². The number of nitro groups is 1. The number of carbonyl (C=O) groups excluding carboxylic acids is 2. The van der Waals surface area contributed by atoms with Crippen molar-refractivity contribution in [3.05, 3.63) is 46.0 Å². The fraction of sp³-hybridized carbons (Fsp3) is 0.385. The zero-order chi connectivity index (χ0) is 14.9. The smallest absolute Gasteiger partial charge is 0.331 e. The number of carbonyl (C=O) groups is 2. The van der Waals surface area contributed by atoms with Crippen molar-refractivity contribution in [3.8, 4) is 0 Å². The van der Waals surface area contributed by atoms with Crippen LogP contribution in [0.2, 0.25) is 0 Å². The van der Waals surface area contributed by atoms with E-state index in [0.717, 1.165) is 14.2 Å². The fourth-order valence-corrected chi connectivity index (χ4v) is 2.68. The molecule has 0 saturated heterocycles. The van der Waals surface area contributed by atoms with Crippen molar-refractivity contribution in [1.82, 2.24) is 0 Å². The van der Waals surface area contributed by atoms with Gasteiger partial charge in [0, 0.05) is 4.92 Å². The minimum absolute atomic E-state index is 0.532. The number of nitrogens with zero attached hydrogens (tertiary/aromatic N) is 1. The minimum atomic E-state index is -1.89. The lowest BCUT2D eigenvalue weighted by molar-refractivity contribution is -0.501. The van der Waals surface area contributed by atoms with Gasteiger partial charge in [-0.25, -0.2) is 0 Å². The van der Waals surface area contributed by atoms with Crippen LogP contribution in [0.1, 0.15) is 11.5 Å². The second-order valence-electron chi connectivity index (χ2n) is 4.47. The lowest BCUT2D eigenvalue weighted by Crippen LogP contribution is -2.34. The normalized spacial score (nSPS) is 22.7. The first kappa shape index (κ1) is 14.0. The Morgan fingerprint density at radius 1 is 1.15 bits per heavy atom. The quantitative estimate of drug-likeness (QED) is 0.349. The third-order valence-corrected chi connectivity index (χ3v) is 3.60. The summed E-state index contributed by atoms with van der Waals surface area (Å²) in [5.74, 6) is -2.77. The predicted octanol–water partition coefficient (Wildman–Crippen LogP) is 0.761. The van der Waals surface area contributed by atoms with E-state index in [1.165, 1.54) is 0 Å². The zero-order valence-electron chi connectivity index (χ0n) is 10.9. The van der Waals surface area contributed by atoms with Crippen molar-refractivity contribution in [2.24, 2.45) is 5.41 Å². The van der Waals surface area contributed by atoms with Crippen LogP contribution in [0, 0.1) is 15.5 Å². The molecule has 1 aliphatic carbocycles. The molecule has 106 valence electrons. The number of benzene rings is 1. The molecule has 0 amide bonds. The maximum absolute atomic E-state index is 12.0. The molecule has 0 bridgehead atoms. The topological polar surface area (TPSA) is 95.7 Å². The van der Waals surface area contributed by atoms with Gasteiger partial charge in [-0.05, 0) is 5.56 Å². The first-order valence-corrected chi connectivity index (χ1v) is 5.87. The molecular weight excluding hydrogens is 266 g/mol. The van der Waals surface area contributed by atoms with Crippen LogP contribution >= 0.6 is 0 Å². The molecule has 2 rings (SSSR count). The van der Waals surface area contributed by atoms with Gasteiger partial charge in [0.15, 0.2) is 0 Å². The fourth-order valence-electron chi connectivity index (χ4n) is 2.68. The summed E-state index contributed by atoms with van der Waals surface area (Å²) in [6.45, 7) is 0. The van der Waals surface area contributed by atoms with E-state index in [1.807, 2.05) is 0 Å². The Morgan fingerprint density at radius 2 is 1.65 bits per heavy atom. The third-order valence-electron chi connectivity index (χ3n) is 3.60. The highest BCUT2D eigenvalue weighted by Crippen LogP contribution is 2.62. The van der Waals surface area contributed by atoms with Gasteiger partial charge in [-0.1, -0.05) is 30.3 Å². The molecule has 1 aromatic carbocycles. The van der Waals surface area contributed by atoms with Crippen LogP contribution in [0.3, 0.4) is 0 Å². The maximum Gasteiger partial charge on any atom is 0.331 e. The maximum atomic E-state index is 12.0. The number of hydrogen-bond donors (Lipinski definition) is 0. The summed E-state index contributed by atoms with van der Waals surface area (Å²) in [6, 6.07) is 7.01. The summed E-state index contributed by atoms with van der Waals surface area (Å²) >= 11 is 0. The second-order valence-corrected chi connectivity index (χ2v) is 4.47. The monoisotopic (exact) mass is 279 g/mol. The molecule has 1 saturated carbocycles. The molecule has 20 heavy (non-hydrogen) atoms. The van der Waals surface area contributed by atoms with Crippen molar-refractivity contribution in [3.63, 3.8) is 0 Å². The van der Waals surface area contributed by atoms with Crippen molar-refractivity contribution in [1.29, 1.82) is 0 Å². The van der Waals surface area contributed by atoms with E-state index in [0.29, 0.717) is 5.56 Å². The van der Waals surface area contributed by atoms with Gasteiger partial charge in [0.2, 0.25) is 11.5 Å². The third kappa shape index (κ3) is 1.74. The molecule has 1 aliphatic rings. The van der Waals surface area contributed by atoms with E-state index < -0.39 is 34.2 Å². The van der Waals surface area contributed by atoms with E-state index >= 15 is 0 Å². The Balaban J connectivity index is 2.52. The highest BCUT2D eigenvalue weighted by Gasteiger charge is 2.85. The largest absolute Gasteiger partial charge is 0.468 e. The zero-order valence-corrected chi connectivity index (χ0v) is 10.9. The standard InChI is InChI=1S/C13H13NO6/c1-19-11(15)13(12(16)20-2)9(10(13)14(17)18)8-6-4-3-5-7-8/h3-7,9-10H,1-2H3. The number of rotatable bonds is 4. The molecule has 2 atom stereocenters. The van der Waals surface area contributed by atoms with Crippen molar-refractivity contribution in [2.75, 3.05) is 14.2 Å². The molecule has 7 heteroatoms. The lowest BCUT2D eigenvalue weighted by Gasteiger charge is -2.10. The highest BCUT2D eigenvalue weighted by atomic mass is 16.6. The van der Waals surface area contributed by atoms with Gasteiger partial charge in [-0.3, -0.25) is 19.7 Å². The van der Waals surface area contributed by atoms with E-state index in [2.05, 4.69) is 9.47 Å².